The van der Waals surface area contributed by atoms with Crippen LogP contribution < -0.4 is 14.5 Å². The molecule has 0 heterocycles. The van der Waals surface area contributed by atoms with Gasteiger partial charge in [0, 0.05) is 0 Å². The smallest absolute Gasteiger partial charge is 0.276 e. The zero-order valence-electron chi connectivity index (χ0n) is 12.7. The summed E-state index contributed by atoms with van der Waals surface area (Å²) in [6, 6.07) is 9.34. The van der Waals surface area contributed by atoms with E-state index in [9.17, 15) is 30.3 Å². The third kappa shape index (κ3) is 5.77. The molecule has 0 amide bonds. The van der Waals surface area contributed by atoms with Gasteiger partial charge in [-0.3, -0.25) is 14.5 Å². The third-order valence-corrected chi connectivity index (χ3v) is 2.79. The molecule has 2 aromatic rings. The zero-order chi connectivity index (χ0) is 19.1. The van der Waals surface area contributed by atoms with Gasteiger partial charge in [0.1, 0.15) is 17.2 Å². The number of benzene rings is 2. The van der Waals surface area contributed by atoms with Crippen LogP contribution in [0, 0.1) is 30.3 Å². The second-order valence-electron chi connectivity index (χ2n) is 4.58. The standard InChI is InChI=1S/C14H9N3O9/c18-15(19)24-12-5-3-10(4-6-12)1-2-11-7-13(25-16(20)21)9-14(8-11)26-17(22)23/h1-9H/b2-1+. The van der Waals surface area contributed by atoms with Crippen molar-refractivity contribution in [2.75, 3.05) is 0 Å². The molecular formula is C14H9N3O9. The van der Waals surface area contributed by atoms with Gasteiger partial charge in [0.2, 0.25) is 0 Å². The van der Waals surface area contributed by atoms with E-state index in [2.05, 4.69) is 14.5 Å². The molecule has 0 aliphatic rings. The van der Waals surface area contributed by atoms with Gasteiger partial charge in [-0.25, -0.2) is 0 Å². The Morgan fingerprint density at radius 3 is 1.50 bits per heavy atom. The average molecular weight is 363 g/mol. The summed E-state index contributed by atoms with van der Waals surface area (Å²) in [6.07, 6.45) is 3.06. The Balaban J connectivity index is 2.23. The van der Waals surface area contributed by atoms with E-state index in [1.807, 2.05) is 0 Å². The van der Waals surface area contributed by atoms with Crippen LogP contribution in [-0.4, -0.2) is 15.3 Å². The number of hydrogen-bond donors (Lipinski definition) is 0. The van der Waals surface area contributed by atoms with Crippen molar-refractivity contribution in [2.24, 2.45) is 0 Å². The summed E-state index contributed by atoms with van der Waals surface area (Å²) >= 11 is 0. The molecule has 0 atom stereocenters. The molecule has 0 aromatic heterocycles. The molecule has 134 valence electrons. The van der Waals surface area contributed by atoms with Crippen molar-refractivity contribution in [3.8, 4) is 17.2 Å². The van der Waals surface area contributed by atoms with Crippen LogP contribution in [0.5, 0.6) is 17.2 Å². The van der Waals surface area contributed by atoms with E-state index in [-0.39, 0.29) is 17.2 Å². The molecule has 2 rings (SSSR count). The topological polar surface area (TPSA) is 157 Å². The van der Waals surface area contributed by atoms with Gasteiger partial charge in [-0.15, -0.1) is 30.3 Å². The molecule has 0 spiro atoms. The van der Waals surface area contributed by atoms with Crippen molar-refractivity contribution < 1.29 is 29.8 Å². The summed E-state index contributed by atoms with van der Waals surface area (Å²) < 4.78 is 0. The van der Waals surface area contributed by atoms with Crippen molar-refractivity contribution in [2.45, 2.75) is 0 Å². The highest BCUT2D eigenvalue weighted by molar-refractivity contribution is 5.71. The van der Waals surface area contributed by atoms with E-state index in [4.69, 9.17) is 0 Å². The van der Waals surface area contributed by atoms with E-state index in [1.54, 1.807) is 6.08 Å². The van der Waals surface area contributed by atoms with Gasteiger partial charge in [0.05, 0.1) is 0 Å². The Bertz CT molecular complexity index is 830. The van der Waals surface area contributed by atoms with Gasteiger partial charge < -0.3 is 0 Å². The largest absolute Gasteiger partial charge is 0.299 e. The van der Waals surface area contributed by atoms with Crippen LogP contribution in [0.4, 0.5) is 0 Å². The molecule has 0 aliphatic carbocycles. The molecule has 12 nitrogen and oxygen atoms in total. The van der Waals surface area contributed by atoms with Crippen LogP contribution in [0.1, 0.15) is 11.1 Å². The Morgan fingerprint density at radius 2 is 1.04 bits per heavy atom. The minimum Gasteiger partial charge on any atom is -0.276 e. The van der Waals surface area contributed by atoms with E-state index >= 15 is 0 Å². The van der Waals surface area contributed by atoms with Gasteiger partial charge >= 0.3 is 0 Å². The molecule has 0 saturated heterocycles. The lowest BCUT2D eigenvalue weighted by atomic mass is 10.1. The van der Waals surface area contributed by atoms with Gasteiger partial charge in [0.25, 0.3) is 15.3 Å². The van der Waals surface area contributed by atoms with Gasteiger partial charge in [-0.2, -0.15) is 0 Å². The van der Waals surface area contributed by atoms with Crippen LogP contribution in [0.15, 0.2) is 42.5 Å². The second kappa shape index (κ2) is 8.05. The zero-order valence-corrected chi connectivity index (χ0v) is 12.7. The molecular weight excluding hydrogens is 354 g/mol. The SMILES string of the molecule is O=[N+]([O-])Oc1ccc(/C=C/c2cc(O[N+](=O)[O-])cc(O[N+](=O)[O-])c2)cc1. The molecule has 0 unspecified atom stereocenters. The van der Waals surface area contributed by atoms with Crippen molar-refractivity contribution in [1.82, 2.24) is 0 Å². The summed E-state index contributed by atoms with van der Waals surface area (Å²) in [5.41, 5.74) is 0.949. The average Bonchev–Trinajstić information content (AvgIpc) is 2.52. The number of nitrogens with zero attached hydrogens (tertiary/aromatic N) is 3. The molecule has 26 heavy (non-hydrogen) atoms. The quantitative estimate of drug-likeness (QED) is 0.390. The molecule has 12 heteroatoms. The van der Waals surface area contributed by atoms with Gasteiger partial charge in [-0.1, -0.05) is 24.3 Å². The monoisotopic (exact) mass is 363 g/mol. The Morgan fingerprint density at radius 1 is 0.615 bits per heavy atom. The van der Waals surface area contributed by atoms with Gasteiger partial charge in [0.15, 0.2) is 0 Å². The minimum absolute atomic E-state index is 0.0372. The molecule has 0 fully saturated rings. The fourth-order valence-electron chi connectivity index (χ4n) is 1.89. The molecule has 2 aromatic carbocycles. The predicted octanol–water partition coefficient (Wildman–Crippen LogP) is 2.57. The Kier molecular flexibility index (Phi) is 5.61. The van der Waals surface area contributed by atoms with E-state index < -0.39 is 15.3 Å². The van der Waals surface area contributed by atoms with E-state index in [0.29, 0.717) is 11.1 Å². The van der Waals surface area contributed by atoms with Gasteiger partial charge in [-0.05, 0) is 41.5 Å². The fraction of sp³-hybridized carbons (Fsp3) is 0. The van der Waals surface area contributed by atoms with Crippen LogP contribution >= 0.6 is 0 Å². The molecule has 0 N–H and O–H groups in total. The second-order valence-corrected chi connectivity index (χ2v) is 4.58. The highest BCUT2D eigenvalue weighted by atomic mass is 17.0. The highest BCUT2D eigenvalue weighted by Crippen LogP contribution is 2.25. The first kappa shape index (κ1) is 18.1. The van der Waals surface area contributed by atoms with Crippen LogP contribution in [0.3, 0.4) is 0 Å². The molecule has 0 saturated carbocycles. The first-order chi connectivity index (χ1) is 12.3. The maximum Gasteiger partial charge on any atom is 0.299 e. The summed E-state index contributed by atoms with van der Waals surface area (Å²) in [7, 11) is 0. The minimum atomic E-state index is -1.06. The first-order valence-corrected chi connectivity index (χ1v) is 6.72. The highest BCUT2D eigenvalue weighted by Gasteiger charge is 2.07. The Hall–Kier alpha value is -4.22. The maximum absolute atomic E-state index is 10.4. The summed E-state index contributed by atoms with van der Waals surface area (Å²) in [4.78, 5) is 43.9. The third-order valence-electron chi connectivity index (χ3n) is 2.79. The van der Waals surface area contributed by atoms with Crippen molar-refractivity contribution in [1.29, 1.82) is 0 Å². The van der Waals surface area contributed by atoms with E-state index in [1.165, 1.54) is 42.5 Å². The fourth-order valence-corrected chi connectivity index (χ4v) is 1.89. The Labute approximate surface area is 144 Å². The van der Waals surface area contributed by atoms with Crippen molar-refractivity contribution in [3.05, 3.63) is 83.9 Å². The summed E-state index contributed by atoms with van der Waals surface area (Å²) in [5, 5.41) is 28.0. The van der Waals surface area contributed by atoms with Crippen molar-refractivity contribution >= 4 is 12.2 Å². The lowest BCUT2D eigenvalue weighted by Crippen LogP contribution is -2.06. The normalized spacial score (nSPS) is 10.3. The number of rotatable bonds is 8. The van der Waals surface area contributed by atoms with Crippen LogP contribution in [0.2, 0.25) is 0 Å². The summed E-state index contributed by atoms with van der Waals surface area (Å²) in [5.74, 6) is -0.484. The number of hydrogen-bond acceptors (Lipinski definition) is 9. The van der Waals surface area contributed by atoms with Crippen molar-refractivity contribution in [3.63, 3.8) is 0 Å². The molecule has 0 bridgehead atoms. The predicted molar refractivity (Wildman–Crippen MR) is 84.7 cm³/mol. The van der Waals surface area contributed by atoms with Crippen LogP contribution in [-0.2, 0) is 0 Å². The summed E-state index contributed by atoms with van der Waals surface area (Å²) in [6.45, 7) is 0. The van der Waals surface area contributed by atoms with Crippen LogP contribution in [0.25, 0.3) is 12.2 Å². The van der Waals surface area contributed by atoms with E-state index in [0.717, 1.165) is 6.07 Å². The molecule has 0 radical (unpaired) electrons. The maximum atomic E-state index is 10.4. The lowest BCUT2D eigenvalue weighted by Gasteiger charge is -2.05. The molecule has 0 aliphatic heterocycles. The lowest BCUT2D eigenvalue weighted by molar-refractivity contribution is -0.713. The first-order valence-electron chi connectivity index (χ1n) is 6.72.